The summed E-state index contributed by atoms with van der Waals surface area (Å²) in [4.78, 5) is 75.8. The van der Waals surface area contributed by atoms with Crippen molar-refractivity contribution in [2.75, 3.05) is 31.7 Å². The van der Waals surface area contributed by atoms with Crippen LogP contribution in [-0.2, 0) is 43.3 Å². The zero-order chi connectivity index (χ0) is 34.0. The number of ketones is 3. The van der Waals surface area contributed by atoms with Crippen LogP contribution in [0.25, 0.3) is 0 Å². The molecule has 0 aromatic heterocycles. The van der Waals surface area contributed by atoms with E-state index >= 15 is 0 Å². The third kappa shape index (κ3) is 15.3. The van der Waals surface area contributed by atoms with Gasteiger partial charge < -0.3 is 31.9 Å². The molecular weight excluding hydrogens is 596 g/mol. The summed E-state index contributed by atoms with van der Waals surface area (Å²) in [5, 5.41) is 15.3. The predicted molar refractivity (Wildman–Crippen MR) is 164 cm³/mol. The largest absolute Gasteiger partial charge is 0.463 e. The van der Waals surface area contributed by atoms with E-state index in [-0.39, 0.29) is 31.6 Å². The number of unbranched alkanes of at least 4 members (excludes halogenated alkanes) is 2. The van der Waals surface area contributed by atoms with Gasteiger partial charge in [-0.15, -0.1) is 0 Å². The van der Waals surface area contributed by atoms with Crippen molar-refractivity contribution >= 4 is 45.0 Å². The number of amides is 2. The molecule has 0 spiro atoms. The van der Waals surface area contributed by atoms with E-state index in [0.717, 1.165) is 7.11 Å². The van der Waals surface area contributed by atoms with E-state index in [1.165, 1.54) is 20.8 Å². The summed E-state index contributed by atoms with van der Waals surface area (Å²) < 4.78 is 29.3. The van der Waals surface area contributed by atoms with Crippen molar-refractivity contribution in [2.24, 2.45) is 29.2 Å². The van der Waals surface area contributed by atoms with Crippen molar-refractivity contribution in [2.45, 2.75) is 97.2 Å². The molecule has 0 saturated heterocycles. The second kappa shape index (κ2) is 21.1. The van der Waals surface area contributed by atoms with E-state index in [9.17, 15) is 42.3 Å². The number of rotatable bonds is 24. The van der Waals surface area contributed by atoms with Crippen molar-refractivity contribution < 1.29 is 47.0 Å². The Morgan fingerprint density at radius 2 is 1.43 bits per heavy atom. The second-order valence-corrected chi connectivity index (χ2v) is 13.5. The van der Waals surface area contributed by atoms with Crippen LogP contribution in [0.3, 0.4) is 0 Å². The number of esters is 1. The van der Waals surface area contributed by atoms with Gasteiger partial charge in [0.1, 0.15) is 6.04 Å². The maximum Gasteiger partial charge on any atom is 0.374 e. The first-order chi connectivity index (χ1) is 20.5. The third-order valence-electron chi connectivity index (χ3n) is 7.23. The predicted octanol–water partition coefficient (Wildman–Crippen LogP) is -0.422. The van der Waals surface area contributed by atoms with Crippen LogP contribution < -0.4 is 22.1 Å². The Morgan fingerprint density at radius 3 is 1.95 bits per heavy atom. The number of sulfone groups is 1. The lowest BCUT2D eigenvalue weighted by Gasteiger charge is -2.25. The van der Waals surface area contributed by atoms with Gasteiger partial charge in [-0.25, -0.2) is 13.2 Å². The van der Waals surface area contributed by atoms with Gasteiger partial charge in [-0.05, 0) is 52.1 Å². The van der Waals surface area contributed by atoms with Crippen LogP contribution >= 0.6 is 0 Å². The first-order valence-electron chi connectivity index (χ1n) is 15.1. The molecule has 0 aromatic rings. The molecule has 2 amide bonds. The van der Waals surface area contributed by atoms with E-state index in [2.05, 4.69) is 15.4 Å². The fourth-order valence-electron chi connectivity index (χ4n) is 4.47. The molecule has 254 valence electrons. The molecule has 0 aliphatic carbocycles. The van der Waals surface area contributed by atoms with Gasteiger partial charge in [-0.2, -0.15) is 0 Å². The number of ether oxygens (including phenoxy) is 1. The Balaban J connectivity index is 5.57. The smallest absolute Gasteiger partial charge is 0.374 e. The van der Waals surface area contributed by atoms with E-state index in [1.54, 1.807) is 0 Å². The molecule has 0 fully saturated rings. The summed E-state index contributed by atoms with van der Waals surface area (Å²) in [6, 6.07) is -2.41. The summed E-state index contributed by atoms with van der Waals surface area (Å²) in [5.41, 5.74) is 11.1. The van der Waals surface area contributed by atoms with E-state index < -0.39 is 93.1 Å². The number of aliphatic hydroxyl groups is 1. The van der Waals surface area contributed by atoms with Gasteiger partial charge in [-0.1, -0.05) is 27.2 Å². The summed E-state index contributed by atoms with van der Waals surface area (Å²) in [6.45, 7) is 6.37. The van der Waals surface area contributed by atoms with Gasteiger partial charge in [0.25, 0.3) is 0 Å². The number of hydrogen-bond acceptors (Lipinski definition) is 12. The maximum atomic E-state index is 13.1. The quantitative estimate of drug-likeness (QED) is 0.0509. The number of nitrogens with one attached hydrogen (secondary N) is 2. The summed E-state index contributed by atoms with van der Waals surface area (Å²) >= 11 is 0. The minimum Gasteiger partial charge on any atom is -0.463 e. The van der Waals surface area contributed by atoms with Crippen molar-refractivity contribution in [3.8, 4) is 0 Å². The molecule has 0 radical (unpaired) electrons. The molecule has 0 heterocycles. The monoisotopic (exact) mass is 648 g/mol. The Labute approximate surface area is 260 Å². The van der Waals surface area contributed by atoms with Gasteiger partial charge >= 0.3 is 5.97 Å². The molecule has 0 saturated carbocycles. The fraction of sp³-hybridized carbons (Fsp3) is 0.793. The number of hydrogen-bond donors (Lipinski definition) is 5. The first-order valence-corrected chi connectivity index (χ1v) is 16.9. The first kappa shape index (κ1) is 41.2. The molecule has 0 aromatic carbocycles. The molecule has 6 atom stereocenters. The Hall–Kier alpha value is -2.75. The number of methoxy groups -OCH3 is 1. The highest BCUT2D eigenvalue weighted by Gasteiger charge is 2.34. The highest BCUT2D eigenvalue weighted by Crippen LogP contribution is 2.15. The normalized spacial score (nSPS) is 15.6. The second-order valence-electron chi connectivity index (χ2n) is 11.3. The summed E-state index contributed by atoms with van der Waals surface area (Å²) in [6.07, 6.45) is 0.377. The van der Waals surface area contributed by atoms with Crippen LogP contribution in [0.2, 0.25) is 0 Å². The number of carbonyl (C=O) groups excluding carboxylic acids is 6. The van der Waals surface area contributed by atoms with Crippen LogP contribution in [0.1, 0.15) is 79.1 Å². The Bertz CT molecular complexity index is 1080. The van der Waals surface area contributed by atoms with Crippen LogP contribution in [0.5, 0.6) is 0 Å². The molecule has 0 aliphatic rings. The van der Waals surface area contributed by atoms with Gasteiger partial charge in [0.2, 0.25) is 17.6 Å². The number of aliphatic hydroxyl groups excluding tert-OH is 1. The SMILES string of the molecule is CCCCS(=O)(=O)C[C@@H](CCN)C(=O)N[C@H](C(=O)C[C@@H](C)C(=O)N[C@@H](CCCCN)C(=O)C[C@@H](C)C(=O)C(=O)OC)[C@@H](C)O. The van der Waals surface area contributed by atoms with Gasteiger partial charge in [0, 0.05) is 24.7 Å². The van der Waals surface area contributed by atoms with E-state index in [4.69, 9.17) is 11.5 Å². The minimum atomic E-state index is -3.56. The number of nitrogens with two attached hydrogens (primary N) is 2. The zero-order valence-corrected chi connectivity index (χ0v) is 27.5. The lowest BCUT2D eigenvalue weighted by atomic mass is 9.92. The number of Topliss-reactive ketones (excluding diaryl/α,β-unsaturated/α-hetero) is 3. The summed E-state index contributed by atoms with van der Waals surface area (Å²) in [7, 11) is -2.50. The topological polar surface area (TPSA) is 242 Å². The van der Waals surface area contributed by atoms with E-state index in [0.29, 0.717) is 32.2 Å². The van der Waals surface area contributed by atoms with Crippen LogP contribution in [-0.4, -0.2) is 98.6 Å². The molecule has 0 aliphatic heterocycles. The lowest BCUT2D eigenvalue weighted by Crippen LogP contribution is -2.51. The number of carbonyl (C=O) groups is 6. The standard InChI is InChI=1S/C29H52N4O10S/c1-6-7-14-44(41,42)17-21(11-13-31)28(39)33-25(20(4)34)24(36)16-19(3)27(38)32-22(10-8-9-12-30)23(35)15-18(2)26(37)29(40)43-5/h18-22,25,34H,6-17,30-31H2,1-5H3,(H,32,38)(H,33,39)/t18-,19-,20-,21-,22+,25+/m1/s1. The lowest BCUT2D eigenvalue weighted by molar-refractivity contribution is -0.153. The average Bonchev–Trinajstić information content (AvgIpc) is 2.96. The minimum absolute atomic E-state index is 0.0344. The molecule has 14 nitrogen and oxygen atoms in total. The van der Waals surface area contributed by atoms with E-state index in [1.807, 2.05) is 6.92 Å². The molecule has 0 bridgehead atoms. The molecule has 7 N–H and O–H groups in total. The fourth-order valence-corrected chi connectivity index (χ4v) is 6.29. The molecular formula is C29H52N4O10S. The highest BCUT2D eigenvalue weighted by molar-refractivity contribution is 7.91. The molecule has 0 unspecified atom stereocenters. The Kier molecular flexibility index (Phi) is 19.8. The molecule has 0 rings (SSSR count). The van der Waals surface area contributed by atoms with Crippen LogP contribution in [0.15, 0.2) is 0 Å². The van der Waals surface area contributed by atoms with Crippen LogP contribution in [0.4, 0.5) is 0 Å². The van der Waals surface area contributed by atoms with Gasteiger partial charge in [-0.3, -0.25) is 24.0 Å². The van der Waals surface area contributed by atoms with Crippen LogP contribution in [0, 0.1) is 17.8 Å². The summed E-state index contributed by atoms with van der Waals surface area (Å²) in [5.74, 6) is -7.98. The van der Waals surface area contributed by atoms with Crippen molar-refractivity contribution in [1.29, 1.82) is 0 Å². The Morgan fingerprint density at radius 1 is 0.818 bits per heavy atom. The molecule has 15 heteroatoms. The highest BCUT2D eigenvalue weighted by atomic mass is 32.2. The van der Waals surface area contributed by atoms with Crippen molar-refractivity contribution in [1.82, 2.24) is 10.6 Å². The zero-order valence-electron chi connectivity index (χ0n) is 26.6. The van der Waals surface area contributed by atoms with Gasteiger partial charge in [0.15, 0.2) is 21.4 Å². The van der Waals surface area contributed by atoms with Crippen molar-refractivity contribution in [3.05, 3.63) is 0 Å². The maximum absolute atomic E-state index is 13.1. The third-order valence-corrected chi connectivity index (χ3v) is 9.05. The van der Waals surface area contributed by atoms with Gasteiger partial charge in [0.05, 0.1) is 36.7 Å². The average molecular weight is 649 g/mol. The molecule has 44 heavy (non-hydrogen) atoms. The van der Waals surface area contributed by atoms with Crippen molar-refractivity contribution in [3.63, 3.8) is 0 Å².